The zero-order valence-electron chi connectivity index (χ0n) is 9.78. The molecule has 0 amide bonds. The first-order chi connectivity index (χ1) is 7.54. The van der Waals surface area contributed by atoms with Gasteiger partial charge in [0.2, 0.25) is 0 Å². The van der Waals surface area contributed by atoms with E-state index in [2.05, 4.69) is 5.32 Å². The third kappa shape index (κ3) is 3.17. The summed E-state index contributed by atoms with van der Waals surface area (Å²) in [5.74, 6) is 0. The Morgan fingerprint density at radius 1 is 1.56 bits per heavy atom. The topological polar surface area (TPSA) is 55.2 Å². The van der Waals surface area contributed by atoms with E-state index in [-0.39, 0.29) is 10.6 Å². The van der Waals surface area contributed by atoms with Gasteiger partial charge in [0, 0.05) is 18.2 Å². The number of nitro groups is 1. The third-order valence-electron chi connectivity index (χ3n) is 2.30. The lowest BCUT2D eigenvalue weighted by molar-refractivity contribution is -0.385. The number of benzene rings is 1. The second-order valence-corrected chi connectivity index (χ2v) is 3.82. The van der Waals surface area contributed by atoms with E-state index in [1.54, 1.807) is 19.1 Å². The standard InChI is InChI=1S/C12H16N2O2/c1-9(8-13-3)6-11-5-4-10(2)12(7-11)14(15)16/h4-7,13H,8H2,1-3H3. The van der Waals surface area contributed by atoms with Crippen LogP contribution in [0.5, 0.6) is 0 Å². The van der Waals surface area contributed by atoms with Crippen LogP contribution in [0.4, 0.5) is 5.69 Å². The minimum Gasteiger partial charge on any atom is -0.316 e. The predicted molar refractivity (Wildman–Crippen MR) is 65.4 cm³/mol. The molecule has 0 atom stereocenters. The molecular formula is C12H16N2O2. The molecule has 0 heterocycles. The summed E-state index contributed by atoms with van der Waals surface area (Å²) in [6, 6.07) is 5.27. The van der Waals surface area contributed by atoms with Crippen LogP contribution in [-0.2, 0) is 0 Å². The largest absolute Gasteiger partial charge is 0.316 e. The molecule has 86 valence electrons. The maximum atomic E-state index is 10.8. The van der Waals surface area contributed by atoms with Crippen LogP contribution in [0.3, 0.4) is 0 Å². The summed E-state index contributed by atoms with van der Waals surface area (Å²) in [4.78, 5) is 10.4. The van der Waals surface area contributed by atoms with E-state index in [0.717, 1.165) is 17.7 Å². The number of hydrogen-bond acceptors (Lipinski definition) is 3. The summed E-state index contributed by atoms with van der Waals surface area (Å²) >= 11 is 0. The highest BCUT2D eigenvalue weighted by atomic mass is 16.6. The fraction of sp³-hybridized carbons (Fsp3) is 0.333. The average molecular weight is 220 g/mol. The van der Waals surface area contributed by atoms with Crippen molar-refractivity contribution in [1.29, 1.82) is 0 Å². The molecular weight excluding hydrogens is 204 g/mol. The van der Waals surface area contributed by atoms with E-state index in [1.807, 2.05) is 26.1 Å². The Labute approximate surface area is 95.1 Å². The van der Waals surface area contributed by atoms with Crippen LogP contribution in [0.1, 0.15) is 18.1 Å². The van der Waals surface area contributed by atoms with Gasteiger partial charge in [-0.05, 0) is 26.5 Å². The highest BCUT2D eigenvalue weighted by Gasteiger charge is 2.09. The molecule has 1 aromatic rings. The zero-order chi connectivity index (χ0) is 12.1. The zero-order valence-corrected chi connectivity index (χ0v) is 9.78. The normalized spacial score (nSPS) is 11.6. The Morgan fingerprint density at radius 3 is 2.81 bits per heavy atom. The second-order valence-electron chi connectivity index (χ2n) is 3.82. The summed E-state index contributed by atoms with van der Waals surface area (Å²) in [6.45, 7) is 4.51. The van der Waals surface area contributed by atoms with Crippen molar-refractivity contribution in [3.8, 4) is 0 Å². The van der Waals surface area contributed by atoms with Gasteiger partial charge in [0.05, 0.1) is 4.92 Å². The van der Waals surface area contributed by atoms with Gasteiger partial charge in [0.1, 0.15) is 0 Å². The van der Waals surface area contributed by atoms with E-state index in [9.17, 15) is 10.1 Å². The minimum absolute atomic E-state index is 0.172. The number of hydrogen-bond donors (Lipinski definition) is 1. The molecule has 0 aliphatic heterocycles. The Morgan fingerprint density at radius 2 is 2.25 bits per heavy atom. The van der Waals surface area contributed by atoms with E-state index in [4.69, 9.17) is 0 Å². The highest BCUT2D eigenvalue weighted by Crippen LogP contribution is 2.20. The average Bonchev–Trinajstić information content (AvgIpc) is 2.21. The first kappa shape index (κ1) is 12.4. The van der Waals surface area contributed by atoms with Crippen molar-refractivity contribution >= 4 is 11.8 Å². The van der Waals surface area contributed by atoms with Crippen LogP contribution >= 0.6 is 0 Å². The van der Waals surface area contributed by atoms with Crippen molar-refractivity contribution in [3.05, 3.63) is 45.0 Å². The molecule has 4 nitrogen and oxygen atoms in total. The maximum absolute atomic E-state index is 10.8. The van der Waals surface area contributed by atoms with Crippen molar-refractivity contribution in [1.82, 2.24) is 5.32 Å². The van der Waals surface area contributed by atoms with Gasteiger partial charge >= 0.3 is 0 Å². The Bertz CT molecular complexity index is 425. The molecule has 0 aliphatic carbocycles. The van der Waals surface area contributed by atoms with E-state index in [1.165, 1.54) is 0 Å². The quantitative estimate of drug-likeness (QED) is 0.626. The van der Waals surface area contributed by atoms with Gasteiger partial charge < -0.3 is 5.32 Å². The summed E-state index contributed by atoms with van der Waals surface area (Å²) in [5.41, 5.74) is 2.87. The summed E-state index contributed by atoms with van der Waals surface area (Å²) < 4.78 is 0. The number of nitrogens with one attached hydrogen (secondary N) is 1. The molecule has 1 aromatic carbocycles. The van der Waals surface area contributed by atoms with Crippen molar-refractivity contribution in [2.24, 2.45) is 0 Å². The summed E-state index contributed by atoms with van der Waals surface area (Å²) in [6.07, 6.45) is 1.95. The van der Waals surface area contributed by atoms with Crippen molar-refractivity contribution < 1.29 is 4.92 Å². The summed E-state index contributed by atoms with van der Waals surface area (Å²) in [5, 5.41) is 13.8. The molecule has 0 spiro atoms. The molecule has 0 aromatic heterocycles. The molecule has 0 unspecified atom stereocenters. The molecule has 1 rings (SSSR count). The van der Waals surface area contributed by atoms with Gasteiger partial charge in [-0.3, -0.25) is 10.1 Å². The van der Waals surface area contributed by atoms with Crippen molar-refractivity contribution in [2.75, 3.05) is 13.6 Å². The number of rotatable bonds is 4. The molecule has 0 fully saturated rings. The Balaban J connectivity index is 3.04. The SMILES string of the molecule is CNCC(C)=Cc1ccc(C)c([N+](=O)[O-])c1. The molecule has 0 saturated heterocycles. The molecule has 0 bridgehead atoms. The van der Waals surface area contributed by atoms with Gasteiger partial charge in [-0.2, -0.15) is 0 Å². The predicted octanol–water partition coefficient (Wildman–Crippen LogP) is 2.53. The first-order valence-corrected chi connectivity index (χ1v) is 5.11. The number of nitro benzene ring substituents is 1. The van der Waals surface area contributed by atoms with Crippen LogP contribution in [0.25, 0.3) is 6.08 Å². The van der Waals surface area contributed by atoms with Crippen molar-refractivity contribution in [2.45, 2.75) is 13.8 Å². The second kappa shape index (κ2) is 5.42. The Kier molecular flexibility index (Phi) is 4.19. The minimum atomic E-state index is -0.347. The molecule has 16 heavy (non-hydrogen) atoms. The monoisotopic (exact) mass is 220 g/mol. The van der Waals surface area contributed by atoms with Crippen LogP contribution in [0.15, 0.2) is 23.8 Å². The smallest absolute Gasteiger partial charge is 0.272 e. The number of aryl methyl sites for hydroxylation is 1. The molecule has 0 aliphatic rings. The van der Waals surface area contributed by atoms with Gasteiger partial charge in [-0.25, -0.2) is 0 Å². The lowest BCUT2D eigenvalue weighted by atomic mass is 10.1. The lowest BCUT2D eigenvalue weighted by Gasteiger charge is -2.02. The fourth-order valence-electron chi connectivity index (χ4n) is 1.53. The molecule has 4 heteroatoms. The van der Waals surface area contributed by atoms with Gasteiger partial charge in [0.15, 0.2) is 0 Å². The third-order valence-corrected chi connectivity index (χ3v) is 2.30. The van der Waals surface area contributed by atoms with Gasteiger partial charge in [-0.1, -0.05) is 23.8 Å². The Hall–Kier alpha value is -1.68. The van der Waals surface area contributed by atoms with Crippen LogP contribution in [0, 0.1) is 17.0 Å². The molecule has 0 radical (unpaired) electrons. The first-order valence-electron chi connectivity index (χ1n) is 5.11. The molecule has 1 N–H and O–H groups in total. The highest BCUT2D eigenvalue weighted by molar-refractivity contribution is 5.58. The maximum Gasteiger partial charge on any atom is 0.272 e. The van der Waals surface area contributed by atoms with Crippen molar-refractivity contribution in [3.63, 3.8) is 0 Å². The molecule has 0 saturated carbocycles. The van der Waals surface area contributed by atoms with Crippen LogP contribution in [0.2, 0.25) is 0 Å². The van der Waals surface area contributed by atoms with E-state index in [0.29, 0.717) is 5.56 Å². The van der Waals surface area contributed by atoms with E-state index < -0.39 is 0 Å². The van der Waals surface area contributed by atoms with Crippen LogP contribution < -0.4 is 5.32 Å². The fourth-order valence-corrected chi connectivity index (χ4v) is 1.53. The summed E-state index contributed by atoms with van der Waals surface area (Å²) in [7, 11) is 1.87. The number of likely N-dealkylation sites (N-methyl/N-ethyl adjacent to an activating group) is 1. The van der Waals surface area contributed by atoms with Gasteiger partial charge in [-0.15, -0.1) is 0 Å². The van der Waals surface area contributed by atoms with E-state index >= 15 is 0 Å². The van der Waals surface area contributed by atoms with Gasteiger partial charge in [0.25, 0.3) is 5.69 Å². The lowest BCUT2D eigenvalue weighted by Crippen LogP contribution is -2.08. The van der Waals surface area contributed by atoms with Crippen LogP contribution in [-0.4, -0.2) is 18.5 Å². The number of nitrogens with zero attached hydrogens (tertiary/aromatic N) is 1.